The Morgan fingerprint density at radius 3 is 2.38 bits per heavy atom. The van der Waals surface area contributed by atoms with Gasteiger partial charge in [-0.2, -0.15) is 5.10 Å². The SMILES string of the molecule is CC.Cc1cc(C2CNC2)n(C)n1. The molecule has 0 aliphatic carbocycles. The van der Waals surface area contributed by atoms with Crippen molar-refractivity contribution in [3.63, 3.8) is 0 Å². The van der Waals surface area contributed by atoms with E-state index in [9.17, 15) is 0 Å². The van der Waals surface area contributed by atoms with Crippen molar-refractivity contribution < 1.29 is 0 Å². The molecule has 1 aliphatic rings. The van der Waals surface area contributed by atoms with Crippen molar-refractivity contribution in [2.75, 3.05) is 13.1 Å². The van der Waals surface area contributed by atoms with Gasteiger partial charge in [-0.05, 0) is 13.0 Å². The second-order valence-corrected chi connectivity index (χ2v) is 3.19. The first-order valence-corrected chi connectivity index (χ1v) is 4.98. The van der Waals surface area contributed by atoms with Crippen molar-refractivity contribution in [3.8, 4) is 0 Å². The molecule has 74 valence electrons. The average Bonchev–Trinajstić information content (AvgIpc) is 2.32. The fraction of sp³-hybridized carbons (Fsp3) is 0.700. The molecule has 1 aliphatic heterocycles. The zero-order chi connectivity index (χ0) is 9.84. The minimum atomic E-state index is 0.696. The molecule has 2 rings (SSSR count). The first kappa shape index (κ1) is 10.3. The third-order valence-electron chi connectivity index (χ3n) is 2.24. The quantitative estimate of drug-likeness (QED) is 0.710. The van der Waals surface area contributed by atoms with Crippen LogP contribution >= 0.6 is 0 Å². The standard InChI is InChI=1S/C8H13N3.C2H6/c1-6-3-8(11(2)10-6)7-4-9-5-7;1-2/h3,7,9H,4-5H2,1-2H3;1-2H3. The Labute approximate surface area is 80.1 Å². The molecule has 0 spiro atoms. The first-order valence-electron chi connectivity index (χ1n) is 4.98. The van der Waals surface area contributed by atoms with E-state index in [0.717, 1.165) is 18.8 Å². The molecule has 1 aromatic rings. The maximum Gasteiger partial charge on any atom is 0.0596 e. The van der Waals surface area contributed by atoms with Crippen molar-refractivity contribution >= 4 is 0 Å². The van der Waals surface area contributed by atoms with Gasteiger partial charge in [0.15, 0.2) is 0 Å². The number of aromatic nitrogens is 2. The zero-order valence-corrected chi connectivity index (χ0v) is 8.96. The summed E-state index contributed by atoms with van der Waals surface area (Å²) in [6.07, 6.45) is 0. The summed E-state index contributed by atoms with van der Waals surface area (Å²) in [5.41, 5.74) is 2.48. The van der Waals surface area contributed by atoms with Crippen molar-refractivity contribution in [3.05, 3.63) is 17.5 Å². The topological polar surface area (TPSA) is 29.9 Å². The van der Waals surface area contributed by atoms with Crippen LogP contribution in [0.15, 0.2) is 6.07 Å². The Morgan fingerprint density at radius 1 is 1.46 bits per heavy atom. The predicted molar refractivity (Wildman–Crippen MR) is 54.9 cm³/mol. The zero-order valence-electron chi connectivity index (χ0n) is 8.96. The van der Waals surface area contributed by atoms with Gasteiger partial charge in [-0.15, -0.1) is 0 Å². The van der Waals surface area contributed by atoms with Gasteiger partial charge in [0.1, 0.15) is 0 Å². The number of hydrogen-bond donors (Lipinski definition) is 1. The van der Waals surface area contributed by atoms with Gasteiger partial charge in [-0.3, -0.25) is 4.68 Å². The lowest BCUT2D eigenvalue weighted by Gasteiger charge is -2.26. The maximum atomic E-state index is 4.30. The number of nitrogens with zero attached hydrogens (tertiary/aromatic N) is 2. The van der Waals surface area contributed by atoms with Crippen molar-refractivity contribution in [2.24, 2.45) is 7.05 Å². The molecule has 0 unspecified atom stereocenters. The molecule has 0 amide bonds. The highest BCUT2D eigenvalue weighted by atomic mass is 15.3. The van der Waals surface area contributed by atoms with Crippen LogP contribution in [0.25, 0.3) is 0 Å². The third-order valence-corrected chi connectivity index (χ3v) is 2.24. The van der Waals surface area contributed by atoms with Gasteiger partial charge < -0.3 is 5.32 Å². The van der Waals surface area contributed by atoms with E-state index in [4.69, 9.17) is 0 Å². The molecule has 2 heterocycles. The molecule has 3 nitrogen and oxygen atoms in total. The Morgan fingerprint density at radius 2 is 2.08 bits per heavy atom. The largest absolute Gasteiger partial charge is 0.315 e. The third kappa shape index (κ3) is 2.10. The van der Waals surface area contributed by atoms with E-state index in [2.05, 4.69) is 16.5 Å². The molecule has 3 heteroatoms. The highest BCUT2D eigenvalue weighted by Gasteiger charge is 2.21. The molecule has 0 saturated carbocycles. The van der Waals surface area contributed by atoms with Crippen LogP contribution in [-0.4, -0.2) is 22.9 Å². The molecule has 1 N–H and O–H groups in total. The van der Waals surface area contributed by atoms with Crippen molar-refractivity contribution in [1.29, 1.82) is 0 Å². The molecule has 1 aromatic heterocycles. The second-order valence-electron chi connectivity index (χ2n) is 3.19. The molecule has 0 atom stereocenters. The van der Waals surface area contributed by atoms with Crippen LogP contribution in [0.3, 0.4) is 0 Å². The number of rotatable bonds is 1. The average molecular weight is 181 g/mol. The van der Waals surface area contributed by atoms with Gasteiger partial charge in [0.25, 0.3) is 0 Å². The van der Waals surface area contributed by atoms with E-state index >= 15 is 0 Å². The maximum absolute atomic E-state index is 4.30. The summed E-state index contributed by atoms with van der Waals surface area (Å²) in [5.74, 6) is 0.696. The van der Waals surface area contributed by atoms with Crippen molar-refractivity contribution in [2.45, 2.75) is 26.7 Å². The van der Waals surface area contributed by atoms with E-state index < -0.39 is 0 Å². The Bertz CT molecular complexity index is 261. The molecule has 0 radical (unpaired) electrons. The van der Waals surface area contributed by atoms with Gasteiger partial charge in [0, 0.05) is 31.7 Å². The van der Waals surface area contributed by atoms with Crippen LogP contribution in [0.5, 0.6) is 0 Å². The highest BCUT2D eigenvalue weighted by Crippen LogP contribution is 2.19. The van der Waals surface area contributed by atoms with Crippen LogP contribution in [-0.2, 0) is 7.05 Å². The van der Waals surface area contributed by atoms with E-state index in [0.29, 0.717) is 5.92 Å². The van der Waals surface area contributed by atoms with Crippen LogP contribution in [0.4, 0.5) is 0 Å². The van der Waals surface area contributed by atoms with Crippen LogP contribution < -0.4 is 5.32 Å². The first-order chi connectivity index (χ1) is 6.27. The van der Waals surface area contributed by atoms with Crippen LogP contribution in [0, 0.1) is 6.92 Å². The van der Waals surface area contributed by atoms with E-state index in [1.807, 2.05) is 32.5 Å². The lowest BCUT2D eigenvalue weighted by Crippen LogP contribution is -2.40. The fourth-order valence-electron chi connectivity index (χ4n) is 1.51. The predicted octanol–water partition coefficient (Wildman–Crippen LogP) is 1.44. The summed E-state index contributed by atoms with van der Waals surface area (Å²) in [7, 11) is 2.01. The van der Waals surface area contributed by atoms with Crippen LogP contribution in [0.1, 0.15) is 31.2 Å². The summed E-state index contributed by atoms with van der Waals surface area (Å²) >= 11 is 0. The summed E-state index contributed by atoms with van der Waals surface area (Å²) < 4.78 is 1.99. The molecule has 13 heavy (non-hydrogen) atoms. The van der Waals surface area contributed by atoms with E-state index in [1.165, 1.54) is 5.69 Å². The molecular formula is C10H19N3. The Kier molecular flexibility index (Phi) is 3.48. The van der Waals surface area contributed by atoms with Crippen molar-refractivity contribution in [1.82, 2.24) is 15.1 Å². The Hall–Kier alpha value is -0.830. The summed E-state index contributed by atoms with van der Waals surface area (Å²) in [6, 6.07) is 2.17. The summed E-state index contributed by atoms with van der Waals surface area (Å²) in [5, 5.41) is 7.56. The van der Waals surface area contributed by atoms with Gasteiger partial charge in [-0.1, -0.05) is 13.8 Å². The van der Waals surface area contributed by atoms with Crippen LogP contribution in [0.2, 0.25) is 0 Å². The monoisotopic (exact) mass is 181 g/mol. The fourth-order valence-corrected chi connectivity index (χ4v) is 1.51. The van der Waals surface area contributed by atoms with Gasteiger partial charge in [-0.25, -0.2) is 0 Å². The lowest BCUT2D eigenvalue weighted by atomic mass is 9.99. The molecular weight excluding hydrogens is 162 g/mol. The smallest absolute Gasteiger partial charge is 0.0596 e. The summed E-state index contributed by atoms with van der Waals surface area (Å²) in [4.78, 5) is 0. The molecule has 0 aromatic carbocycles. The normalized spacial score (nSPS) is 16.0. The van der Waals surface area contributed by atoms with E-state index in [1.54, 1.807) is 0 Å². The summed E-state index contributed by atoms with van der Waals surface area (Å²) in [6.45, 7) is 8.26. The number of hydrogen-bond acceptors (Lipinski definition) is 2. The lowest BCUT2D eigenvalue weighted by molar-refractivity contribution is 0.424. The molecule has 0 bridgehead atoms. The number of aryl methyl sites for hydroxylation is 2. The highest BCUT2D eigenvalue weighted by molar-refractivity contribution is 5.17. The minimum Gasteiger partial charge on any atom is -0.315 e. The molecule has 1 fully saturated rings. The van der Waals surface area contributed by atoms with Gasteiger partial charge in [0.2, 0.25) is 0 Å². The second kappa shape index (κ2) is 4.42. The number of nitrogens with one attached hydrogen (secondary N) is 1. The molecule has 1 saturated heterocycles. The van der Waals surface area contributed by atoms with E-state index in [-0.39, 0.29) is 0 Å². The minimum absolute atomic E-state index is 0.696. The Balaban J connectivity index is 0.000000396. The van der Waals surface area contributed by atoms with Gasteiger partial charge >= 0.3 is 0 Å². The van der Waals surface area contributed by atoms with Gasteiger partial charge in [0.05, 0.1) is 5.69 Å².